The van der Waals surface area contributed by atoms with Gasteiger partial charge in [0.25, 0.3) is 0 Å². The van der Waals surface area contributed by atoms with Gasteiger partial charge >= 0.3 is 11.9 Å². The van der Waals surface area contributed by atoms with E-state index in [1.807, 2.05) is 35.6 Å². The molecule has 5 unspecified atom stereocenters. The van der Waals surface area contributed by atoms with E-state index in [0.717, 1.165) is 5.56 Å². The summed E-state index contributed by atoms with van der Waals surface area (Å²) >= 11 is 0. The molecule has 12 nitrogen and oxygen atoms in total. The Morgan fingerprint density at radius 1 is 1.12 bits per heavy atom. The molecule has 0 radical (unpaired) electrons. The van der Waals surface area contributed by atoms with Crippen molar-refractivity contribution in [1.82, 2.24) is 15.5 Å². The van der Waals surface area contributed by atoms with Crippen LogP contribution in [-0.2, 0) is 30.4 Å². The summed E-state index contributed by atoms with van der Waals surface area (Å²) in [6.07, 6.45) is -1.17. The zero-order chi connectivity index (χ0) is 25.4. The first-order valence-electron chi connectivity index (χ1n) is 10.8. The molecule has 1 aliphatic heterocycles. The van der Waals surface area contributed by atoms with Crippen molar-refractivity contribution in [2.45, 2.75) is 62.9 Å². The van der Waals surface area contributed by atoms with Crippen LogP contribution in [0.4, 0.5) is 0 Å². The molecule has 3 amide bonds. The Morgan fingerprint density at radius 3 is 2.32 bits per heavy atom. The van der Waals surface area contributed by atoms with Gasteiger partial charge in [0, 0.05) is 6.54 Å². The third kappa shape index (κ3) is 7.25. The summed E-state index contributed by atoms with van der Waals surface area (Å²) in [5.74, 6) is -5.21. The van der Waals surface area contributed by atoms with Crippen LogP contribution in [0, 0.1) is 0 Å². The fraction of sp³-hybridized carbons (Fsp3) is 0.500. The molecule has 0 bridgehead atoms. The van der Waals surface area contributed by atoms with Crippen LogP contribution in [0.2, 0.25) is 0 Å². The molecule has 1 heterocycles. The number of hydrogen-bond acceptors (Lipinski definition) is 7. The lowest BCUT2D eigenvalue weighted by Crippen LogP contribution is -2.59. The Labute approximate surface area is 196 Å². The summed E-state index contributed by atoms with van der Waals surface area (Å²) in [4.78, 5) is 61.7. The van der Waals surface area contributed by atoms with Gasteiger partial charge in [0.15, 0.2) is 0 Å². The van der Waals surface area contributed by atoms with Gasteiger partial charge in [-0.3, -0.25) is 19.2 Å². The maximum atomic E-state index is 12.9. The highest BCUT2D eigenvalue weighted by Crippen LogP contribution is 2.19. The molecule has 34 heavy (non-hydrogen) atoms. The molecule has 1 aromatic carbocycles. The zero-order valence-electron chi connectivity index (χ0n) is 18.7. The van der Waals surface area contributed by atoms with E-state index in [-0.39, 0.29) is 6.42 Å². The first-order valence-corrected chi connectivity index (χ1v) is 10.8. The second-order valence-electron chi connectivity index (χ2n) is 8.21. The number of aliphatic carboxylic acids is 2. The molecule has 1 fully saturated rings. The van der Waals surface area contributed by atoms with Crippen LogP contribution >= 0.6 is 0 Å². The summed E-state index contributed by atoms with van der Waals surface area (Å²) in [5.41, 5.74) is 6.95. The van der Waals surface area contributed by atoms with Crippen LogP contribution in [0.25, 0.3) is 0 Å². The van der Waals surface area contributed by atoms with Crippen LogP contribution in [0.3, 0.4) is 0 Å². The minimum atomic E-state index is -1.75. The van der Waals surface area contributed by atoms with Gasteiger partial charge in [-0.1, -0.05) is 30.3 Å². The van der Waals surface area contributed by atoms with E-state index in [2.05, 4.69) is 5.32 Å². The van der Waals surface area contributed by atoms with Gasteiger partial charge in [-0.2, -0.15) is 0 Å². The molecule has 12 heteroatoms. The molecule has 7 N–H and O–H groups in total. The van der Waals surface area contributed by atoms with Crippen LogP contribution in [0.15, 0.2) is 30.3 Å². The van der Waals surface area contributed by atoms with E-state index >= 15 is 0 Å². The lowest BCUT2D eigenvalue weighted by Gasteiger charge is -2.29. The number of benzene rings is 1. The monoisotopic (exact) mass is 478 g/mol. The van der Waals surface area contributed by atoms with E-state index in [1.165, 1.54) is 11.8 Å². The van der Waals surface area contributed by atoms with Gasteiger partial charge in [0.1, 0.15) is 18.1 Å². The quantitative estimate of drug-likeness (QED) is 0.218. The SMILES string of the molecule is CC(O)C(NC(=O)C1CCCN1C(=O)C(N)Cc1ccccc1)C(=O)NC(CC(=O)O)C(=O)O. The lowest BCUT2D eigenvalue weighted by atomic mass is 10.0. The molecule has 2 rings (SSSR count). The number of hydrogen-bond donors (Lipinski definition) is 6. The zero-order valence-corrected chi connectivity index (χ0v) is 18.7. The molecule has 0 aromatic heterocycles. The average molecular weight is 479 g/mol. The maximum absolute atomic E-state index is 12.9. The molecular formula is C22H30N4O8. The molecule has 1 saturated heterocycles. The van der Waals surface area contributed by atoms with E-state index in [0.29, 0.717) is 19.4 Å². The Kier molecular flexibility index (Phi) is 9.51. The van der Waals surface area contributed by atoms with Crippen molar-refractivity contribution in [2.75, 3.05) is 6.54 Å². The molecule has 0 saturated carbocycles. The van der Waals surface area contributed by atoms with Crippen molar-refractivity contribution < 1.29 is 39.3 Å². The predicted octanol–water partition coefficient (Wildman–Crippen LogP) is -1.54. The molecule has 0 spiro atoms. The van der Waals surface area contributed by atoms with Crippen molar-refractivity contribution in [3.63, 3.8) is 0 Å². The molecular weight excluding hydrogens is 448 g/mol. The number of nitrogens with two attached hydrogens (primary N) is 1. The summed E-state index contributed by atoms with van der Waals surface area (Å²) in [6.45, 7) is 1.51. The minimum Gasteiger partial charge on any atom is -0.481 e. The number of aliphatic hydroxyl groups excluding tert-OH is 1. The highest BCUT2D eigenvalue weighted by molar-refractivity contribution is 5.95. The summed E-state index contributed by atoms with van der Waals surface area (Å²) in [6, 6.07) is 4.06. The standard InChI is InChI=1S/C22H30N4O8/c1-12(27)18(20(31)24-15(22(33)34)11-17(28)29)25-19(30)16-8-5-9-26(16)21(32)14(23)10-13-6-3-2-4-7-13/h2-4,6-7,12,14-16,18,27H,5,8-11,23H2,1H3,(H,24,31)(H,25,30)(H,28,29)(H,33,34). The van der Waals surface area contributed by atoms with Gasteiger partial charge in [-0.05, 0) is 31.7 Å². The van der Waals surface area contributed by atoms with Gasteiger partial charge < -0.3 is 36.6 Å². The second kappa shape index (κ2) is 12.1. The normalized spacial score (nSPS) is 18.9. The van der Waals surface area contributed by atoms with Crippen LogP contribution in [0.1, 0.15) is 31.7 Å². The van der Waals surface area contributed by atoms with Crippen LogP contribution < -0.4 is 16.4 Å². The first-order chi connectivity index (χ1) is 16.0. The molecule has 1 aliphatic rings. The topological polar surface area (TPSA) is 199 Å². The fourth-order valence-corrected chi connectivity index (χ4v) is 3.76. The lowest BCUT2D eigenvalue weighted by molar-refractivity contribution is -0.148. The Bertz CT molecular complexity index is 907. The van der Waals surface area contributed by atoms with Crippen molar-refractivity contribution in [3.8, 4) is 0 Å². The van der Waals surface area contributed by atoms with Crippen molar-refractivity contribution >= 4 is 29.7 Å². The second-order valence-corrected chi connectivity index (χ2v) is 8.21. The largest absolute Gasteiger partial charge is 0.481 e. The Balaban J connectivity index is 2.06. The first kappa shape index (κ1) is 26.7. The number of carbonyl (C=O) groups is 5. The highest BCUT2D eigenvalue weighted by atomic mass is 16.4. The number of amides is 3. The highest BCUT2D eigenvalue weighted by Gasteiger charge is 2.39. The average Bonchev–Trinajstić information content (AvgIpc) is 3.26. The smallest absolute Gasteiger partial charge is 0.326 e. The Hall–Kier alpha value is -3.51. The van der Waals surface area contributed by atoms with E-state index in [1.54, 1.807) is 0 Å². The number of rotatable bonds is 11. The molecule has 1 aromatic rings. The van der Waals surface area contributed by atoms with Gasteiger partial charge in [0.05, 0.1) is 18.6 Å². The minimum absolute atomic E-state index is 0.281. The fourth-order valence-electron chi connectivity index (χ4n) is 3.76. The Morgan fingerprint density at radius 2 is 1.76 bits per heavy atom. The number of aliphatic hydroxyl groups is 1. The van der Waals surface area contributed by atoms with Crippen molar-refractivity contribution in [1.29, 1.82) is 0 Å². The number of nitrogens with zero attached hydrogens (tertiary/aromatic N) is 1. The summed E-state index contributed by atoms with van der Waals surface area (Å²) in [7, 11) is 0. The molecule has 186 valence electrons. The van der Waals surface area contributed by atoms with Gasteiger partial charge in [-0.15, -0.1) is 0 Å². The summed E-state index contributed by atoms with van der Waals surface area (Å²) in [5, 5.41) is 32.3. The number of likely N-dealkylation sites (tertiary alicyclic amines) is 1. The predicted molar refractivity (Wildman–Crippen MR) is 118 cm³/mol. The van der Waals surface area contributed by atoms with Gasteiger partial charge in [-0.25, -0.2) is 4.79 Å². The summed E-state index contributed by atoms with van der Waals surface area (Å²) < 4.78 is 0. The van der Waals surface area contributed by atoms with Crippen molar-refractivity contribution in [3.05, 3.63) is 35.9 Å². The maximum Gasteiger partial charge on any atom is 0.326 e. The number of carboxylic acids is 2. The number of carboxylic acid groups (broad SMARTS) is 2. The van der Waals surface area contributed by atoms with Crippen LogP contribution in [-0.4, -0.2) is 86.7 Å². The van der Waals surface area contributed by atoms with E-state index < -0.39 is 66.4 Å². The van der Waals surface area contributed by atoms with Gasteiger partial charge in [0.2, 0.25) is 17.7 Å². The number of nitrogens with one attached hydrogen (secondary N) is 2. The molecule has 5 atom stereocenters. The third-order valence-corrected chi connectivity index (χ3v) is 5.51. The van der Waals surface area contributed by atoms with E-state index in [4.69, 9.17) is 15.9 Å². The molecule has 0 aliphatic carbocycles. The van der Waals surface area contributed by atoms with Crippen LogP contribution in [0.5, 0.6) is 0 Å². The van der Waals surface area contributed by atoms with E-state index in [9.17, 15) is 29.1 Å². The van der Waals surface area contributed by atoms with Crippen molar-refractivity contribution in [2.24, 2.45) is 5.73 Å². The third-order valence-electron chi connectivity index (χ3n) is 5.51. The number of carbonyl (C=O) groups excluding carboxylic acids is 3.